The summed E-state index contributed by atoms with van der Waals surface area (Å²) < 4.78 is 13.7. The highest BCUT2D eigenvalue weighted by Gasteiger charge is 2.08. The third kappa shape index (κ3) is 2.58. The third-order valence-corrected chi connectivity index (χ3v) is 2.40. The van der Waals surface area contributed by atoms with Gasteiger partial charge in [0.1, 0.15) is 11.6 Å². The molecular weight excluding hydrogens is 259 g/mol. The van der Waals surface area contributed by atoms with Gasteiger partial charge in [0.25, 0.3) is 0 Å². The number of benzene rings is 1. The minimum Gasteiger partial charge on any atom is -0.368 e. The molecule has 0 radical (unpaired) electrons. The molecule has 1 heterocycles. The average molecular weight is 269 g/mol. The van der Waals surface area contributed by atoms with E-state index in [0.29, 0.717) is 11.6 Å². The van der Waals surface area contributed by atoms with Crippen molar-refractivity contribution in [2.75, 3.05) is 16.5 Å². The fraction of sp³-hybridized carbons (Fsp3) is 0. The highest BCUT2D eigenvalue weighted by molar-refractivity contribution is 6.31. The van der Waals surface area contributed by atoms with E-state index in [9.17, 15) is 4.39 Å². The number of anilines is 4. The molecule has 2 aromatic rings. The summed E-state index contributed by atoms with van der Waals surface area (Å²) in [6, 6.07) is 6.06. The number of aromatic nitrogens is 2. The molecule has 0 bridgehead atoms. The number of nitrogens with zero attached hydrogens (tertiary/aromatic N) is 2. The predicted molar refractivity (Wildman–Crippen MR) is 68.9 cm³/mol. The van der Waals surface area contributed by atoms with Gasteiger partial charge in [-0.1, -0.05) is 17.7 Å². The van der Waals surface area contributed by atoms with E-state index in [2.05, 4.69) is 20.7 Å². The standard InChI is InChI=1S/C10H10ClFN6/c11-5-2-1-3-6(9(5)12)15-7-4-8(18-14)17-10(13)16-7/h1-4H,14H2,(H4,13,15,16,17,18). The molecule has 0 amide bonds. The van der Waals surface area contributed by atoms with Crippen LogP contribution in [0.2, 0.25) is 5.02 Å². The van der Waals surface area contributed by atoms with Crippen molar-refractivity contribution in [3.63, 3.8) is 0 Å². The van der Waals surface area contributed by atoms with Gasteiger partial charge < -0.3 is 16.5 Å². The van der Waals surface area contributed by atoms with Crippen LogP contribution < -0.4 is 22.3 Å². The van der Waals surface area contributed by atoms with Crippen molar-refractivity contribution in [2.24, 2.45) is 5.84 Å². The van der Waals surface area contributed by atoms with Crippen LogP contribution in [0.4, 0.5) is 27.7 Å². The highest BCUT2D eigenvalue weighted by Crippen LogP contribution is 2.25. The maximum atomic E-state index is 13.7. The lowest BCUT2D eigenvalue weighted by atomic mass is 10.3. The van der Waals surface area contributed by atoms with Crippen molar-refractivity contribution in [1.29, 1.82) is 0 Å². The second-order valence-electron chi connectivity index (χ2n) is 3.37. The summed E-state index contributed by atoms with van der Waals surface area (Å²) in [5.41, 5.74) is 7.99. The molecule has 1 aromatic carbocycles. The lowest BCUT2D eigenvalue weighted by molar-refractivity contribution is 0.632. The van der Waals surface area contributed by atoms with Gasteiger partial charge in [0.15, 0.2) is 5.82 Å². The van der Waals surface area contributed by atoms with Crippen molar-refractivity contribution in [1.82, 2.24) is 9.97 Å². The van der Waals surface area contributed by atoms with Gasteiger partial charge in [0.05, 0.1) is 10.7 Å². The molecule has 0 saturated heterocycles. The number of hydrogen-bond donors (Lipinski definition) is 4. The zero-order valence-electron chi connectivity index (χ0n) is 9.11. The van der Waals surface area contributed by atoms with E-state index in [0.717, 1.165) is 0 Å². The number of nitrogens with two attached hydrogens (primary N) is 2. The Balaban J connectivity index is 2.34. The van der Waals surface area contributed by atoms with Crippen molar-refractivity contribution in [2.45, 2.75) is 0 Å². The molecule has 0 fully saturated rings. The Bertz CT molecular complexity index is 576. The molecular formula is C10H10ClFN6. The number of halogens is 2. The van der Waals surface area contributed by atoms with Crippen LogP contribution in [0.15, 0.2) is 24.3 Å². The van der Waals surface area contributed by atoms with Gasteiger partial charge in [0.2, 0.25) is 5.95 Å². The SMILES string of the molecule is NNc1cc(Nc2cccc(Cl)c2F)nc(N)n1. The molecule has 2 rings (SSSR count). The molecule has 0 spiro atoms. The Kier molecular flexibility index (Phi) is 3.45. The molecule has 0 aliphatic heterocycles. The van der Waals surface area contributed by atoms with Gasteiger partial charge in [-0.2, -0.15) is 9.97 Å². The van der Waals surface area contributed by atoms with Crippen LogP contribution in [-0.2, 0) is 0 Å². The molecule has 0 unspecified atom stereocenters. The van der Waals surface area contributed by atoms with E-state index in [1.54, 1.807) is 6.07 Å². The normalized spacial score (nSPS) is 10.2. The van der Waals surface area contributed by atoms with E-state index < -0.39 is 5.82 Å². The van der Waals surface area contributed by atoms with Crippen LogP contribution in [0.5, 0.6) is 0 Å². The summed E-state index contributed by atoms with van der Waals surface area (Å²) in [6.45, 7) is 0. The van der Waals surface area contributed by atoms with E-state index in [1.807, 2.05) is 0 Å². The summed E-state index contributed by atoms with van der Waals surface area (Å²) in [5.74, 6) is 5.27. The van der Waals surface area contributed by atoms with Crippen molar-refractivity contribution in [3.05, 3.63) is 35.1 Å². The zero-order valence-corrected chi connectivity index (χ0v) is 9.87. The van der Waals surface area contributed by atoms with Crippen molar-refractivity contribution in [3.8, 4) is 0 Å². The lowest BCUT2D eigenvalue weighted by Crippen LogP contribution is -2.11. The molecule has 1 aromatic heterocycles. The molecule has 6 N–H and O–H groups in total. The van der Waals surface area contributed by atoms with Gasteiger partial charge in [-0.25, -0.2) is 10.2 Å². The number of hydrazine groups is 1. The zero-order chi connectivity index (χ0) is 13.1. The van der Waals surface area contributed by atoms with Crippen LogP contribution in [0, 0.1) is 5.82 Å². The maximum Gasteiger partial charge on any atom is 0.223 e. The molecule has 0 aliphatic carbocycles. The predicted octanol–water partition coefficient (Wildman–Crippen LogP) is 1.88. The molecule has 94 valence electrons. The topological polar surface area (TPSA) is 102 Å². The Morgan fingerprint density at radius 2 is 1.94 bits per heavy atom. The second-order valence-corrected chi connectivity index (χ2v) is 3.77. The Labute approximate surface area is 107 Å². The molecule has 0 saturated carbocycles. The number of rotatable bonds is 3. The fourth-order valence-corrected chi connectivity index (χ4v) is 1.52. The van der Waals surface area contributed by atoms with Crippen LogP contribution in [-0.4, -0.2) is 9.97 Å². The van der Waals surface area contributed by atoms with E-state index in [4.69, 9.17) is 23.2 Å². The van der Waals surface area contributed by atoms with Crippen molar-refractivity contribution < 1.29 is 4.39 Å². The average Bonchev–Trinajstić information content (AvgIpc) is 2.34. The number of hydrogen-bond acceptors (Lipinski definition) is 6. The Morgan fingerprint density at radius 3 is 2.67 bits per heavy atom. The van der Waals surface area contributed by atoms with E-state index in [-0.39, 0.29) is 16.7 Å². The lowest BCUT2D eigenvalue weighted by Gasteiger charge is -2.09. The summed E-state index contributed by atoms with van der Waals surface area (Å²) in [7, 11) is 0. The van der Waals surface area contributed by atoms with Crippen LogP contribution in [0.1, 0.15) is 0 Å². The first kappa shape index (κ1) is 12.3. The first-order valence-electron chi connectivity index (χ1n) is 4.92. The van der Waals surface area contributed by atoms with Crippen LogP contribution in [0.25, 0.3) is 0 Å². The summed E-state index contributed by atoms with van der Waals surface area (Å²) in [5, 5.41) is 2.76. The van der Waals surface area contributed by atoms with Crippen molar-refractivity contribution >= 4 is 34.9 Å². The van der Waals surface area contributed by atoms with Gasteiger partial charge in [-0.05, 0) is 12.1 Å². The van der Waals surface area contributed by atoms with E-state index >= 15 is 0 Å². The first-order valence-corrected chi connectivity index (χ1v) is 5.30. The monoisotopic (exact) mass is 268 g/mol. The fourth-order valence-electron chi connectivity index (χ4n) is 1.34. The largest absolute Gasteiger partial charge is 0.368 e. The minimum absolute atomic E-state index is 0.00962. The van der Waals surface area contributed by atoms with Gasteiger partial charge >= 0.3 is 0 Å². The molecule has 8 heteroatoms. The Hall–Kier alpha value is -2.12. The maximum absolute atomic E-state index is 13.7. The first-order chi connectivity index (χ1) is 8.60. The summed E-state index contributed by atoms with van der Waals surface area (Å²) in [6.07, 6.45) is 0. The van der Waals surface area contributed by atoms with Gasteiger partial charge in [-0.15, -0.1) is 0 Å². The van der Waals surface area contributed by atoms with E-state index in [1.165, 1.54) is 18.2 Å². The molecule has 0 atom stereocenters. The smallest absolute Gasteiger partial charge is 0.223 e. The molecule has 6 nitrogen and oxygen atoms in total. The quantitative estimate of drug-likeness (QED) is 0.501. The van der Waals surface area contributed by atoms with Gasteiger partial charge in [0, 0.05) is 6.07 Å². The van der Waals surface area contributed by atoms with Crippen LogP contribution in [0.3, 0.4) is 0 Å². The number of nitrogen functional groups attached to an aromatic ring is 2. The Morgan fingerprint density at radius 1 is 1.22 bits per heavy atom. The molecule has 18 heavy (non-hydrogen) atoms. The number of nitrogens with one attached hydrogen (secondary N) is 2. The summed E-state index contributed by atoms with van der Waals surface area (Å²) in [4.78, 5) is 7.70. The highest BCUT2D eigenvalue weighted by atomic mass is 35.5. The minimum atomic E-state index is -0.571. The van der Waals surface area contributed by atoms with Crippen LogP contribution >= 0.6 is 11.6 Å². The molecule has 0 aliphatic rings. The van der Waals surface area contributed by atoms with Gasteiger partial charge in [-0.3, -0.25) is 0 Å². The summed E-state index contributed by atoms with van der Waals surface area (Å²) >= 11 is 5.67. The third-order valence-electron chi connectivity index (χ3n) is 2.11. The second kappa shape index (κ2) is 5.03.